The lowest BCUT2D eigenvalue weighted by Crippen LogP contribution is -2.03. The average Bonchev–Trinajstić information content (AvgIpc) is 2.79. The van der Waals surface area contributed by atoms with Crippen LogP contribution >= 0.6 is 0 Å². The Labute approximate surface area is 187 Å². The van der Waals surface area contributed by atoms with E-state index < -0.39 is 11.8 Å². The molecule has 0 amide bonds. The van der Waals surface area contributed by atoms with Crippen LogP contribution in [0.3, 0.4) is 0 Å². The van der Waals surface area contributed by atoms with Gasteiger partial charge in [-0.2, -0.15) is 0 Å². The van der Waals surface area contributed by atoms with Crippen molar-refractivity contribution in [2.75, 3.05) is 7.11 Å². The van der Waals surface area contributed by atoms with Gasteiger partial charge in [-0.25, -0.2) is 9.18 Å². The molecule has 1 heterocycles. The number of allylic oxidation sites excluding steroid dienone is 3. The second-order valence-electron chi connectivity index (χ2n) is 7.46. The molecule has 32 heavy (non-hydrogen) atoms. The predicted molar refractivity (Wildman–Crippen MR) is 125 cm³/mol. The van der Waals surface area contributed by atoms with E-state index in [9.17, 15) is 14.3 Å². The third-order valence-electron chi connectivity index (χ3n) is 5.07. The molecule has 0 radical (unpaired) electrons. The van der Waals surface area contributed by atoms with Gasteiger partial charge >= 0.3 is 5.97 Å². The lowest BCUT2D eigenvalue weighted by molar-refractivity contribution is -0.130. The molecule has 0 saturated carbocycles. The topological polar surface area (TPSA) is 59.4 Å². The summed E-state index contributed by atoms with van der Waals surface area (Å²) in [6.07, 6.45) is 5.95. The van der Waals surface area contributed by atoms with E-state index in [2.05, 4.69) is 11.1 Å². The maximum absolute atomic E-state index is 13.8. The lowest BCUT2D eigenvalue weighted by atomic mass is 9.96. The summed E-state index contributed by atoms with van der Waals surface area (Å²) in [5.41, 5.74) is 5.44. The summed E-state index contributed by atoms with van der Waals surface area (Å²) < 4.78 is 19.0. The van der Waals surface area contributed by atoms with Gasteiger partial charge in [0.15, 0.2) is 0 Å². The third kappa shape index (κ3) is 5.56. The fourth-order valence-electron chi connectivity index (χ4n) is 3.49. The molecule has 164 valence electrons. The molecular weight excluding hydrogens is 405 g/mol. The maximum atomic E-state index is 13.8. The molecule has 0 atom stereocenters. The summed E-state index contributed by atoms with van der Waals surface area (Å²) in [6.45, 7) is 4.27. The molecule has 5 heteroatoms. The van der Waals surface area contributed by atoms with Crippen LogP contribution in [0.1, 0.15) is 35.7 Å². The highest BCUT2D eigenvalue weighted by Crippen LogP contribution is 2.27. The van der Waals surface area contributed by atoms with Crippen molar-refractivity contribution in [3.05, 3.63) is 101 Å². The van der Waals surface area contributed by atoms with E-state index in [4.69, 9.17) is 4.74 Å². The van der Waals surface area contributed by atoms with Crippen molar-refractivity contribution in [3.63, 3.8) is 0 Å². The molecular formula is C27H26FNO3. The van der Waals surface area contributed by atoms with Crippen molar-refractivity contribution >= 4 is 17.1 Å². The van der Waals surface area contributed by atoms with Crippen molar-refractivity contribution < 1.29 is 19.0 Å². The summed E-state index contributed by atoms with van der Waals surface area (Å²) >= 11 is 0. The Morgan fingerprint density at radius 1 is 1.12 bits per heavy atom. The number of aromatic nitrogens is 1. The average molecular weight is 432 g/mol. The highest BCUT2D eigenvalue weighted by atomic mass is 19.1. The molecule has 3 rings (SSSR count). The summed E-state index contributed by atoms with van der Waals surface area (Å²) in [6, 6.07) is 16.0. The first-order valence-corrected chi connectivity index (χ1v) is 10.4. The van der Waals surface area contributed by atoms with E-state index in [-0.39, 0.29) is 5.57 Å². The Balaban J connectivity index is 1.99. The van der Waals surface area contributed by atoms with Gasteiger partial charge in [-0.3, -0.25) is 4.98 Å². The number of nitrogens with zero attached hydrogens (tertiary/aromatic N) is 1. The van der Waals surface area contributed by atoms with Crippen LogP contribution in [0.15, 0.2) is 72.9 Å². The van der Waals surface area contributed by atoms with Crippen LogP contribution in [0, 0.1) is 12.7 Å². The first-order chi connectivity index (χ1) is 15.4. The van der Waals surface area contributed by atoms with Crippen molar-refractivity contribution in [3.8, 4) is 11.1 Å². The molecule has 0 bridgehead atoms. The van der Waals surface area contributed by atoms with Gasteiger partial charge in [-0.05, 0) is 71.5 Å². The lowest BCUT2D eigenvalue weighted by Gasteiger charge is -2.10. The van der Waals surface area contributed by atoms with E-state index in [1.165, 1.54) is 12.1 Å². The van der Waals surface area contributed by atoms with E-state index >= 15 is 0 Å². The summed E-state index contributed by atoms with van der Waals surface area (Å²) in [5, 5.41) is 9.82. The number of hydrogen-bond acceptors (Lipinski definition) is 3. The Hall–Kier alpha value is -3.57. The summed E-state index contributed by atoms with van der Waals surface area (Å²) in [7, 11) is 1.66. The molecule has 0 aliphatic heterocycles. The molecule has 2 aromatic carbocycles. The van der Waals surface area contributed by atoms with E-state index in [1.54, 1.807) is 32.4 Å². The molecule has 1 N–H and O–H groups in total. The first-order valence-electron chi connectivity index (χ1n) is 10.4. The van der Waals surface area contributed by atoms with Crippen molar-refractivity contribution in [2.45, 2.75) is 26.9 Å². The third-order valence-corrected chi connectivity index (χ3v) is 5.07. The zero-order valence-electron chi connectivity index (χ0n) is 18.4. The zero-order valence-corrected chi connectivity index (χ0v) is 18.4. The number of hydrogen-bond donors (Lipinski definition) is 1. The standard InChI is InChI=1S/C27H26FNO3/c1-4-6-21(14-25(27(30)31)24-15-23(28)11-9-18(24)2)26-12-10-22(16-29-26)20-8-5-7-19(13-20)17-32-3/h5-16H,4,17H2,1-3H3,(H,30,31)/b21-6-,25-14+. The molecule has 1 aromatic heterocycles. The van der Waals surface area contributed by atoms with Crippen molar-refractivity contribution in [1.29, 1.82) is 0 Å². The number of ether oxygens (including phenoxy) is 1. The number of methoxy groups -OCH3 is 1. The summed E-state index contributed by atoms with van der Waals surface area (Å²) in [4.78, 5) is 16.6. The van der Waals surface area contributed by atoms with Crippen LogP contribution in [-0.4, -0.2) is 23.2 Å². The number of pyridine rings is 1. The number of rotatable bonds is 8. The number of carboxylic acid groups (broad SMARTS) is 1. The van der Waals surface area contributed by atoms with Crippen molar-refractivity contribution in [2.24, 2.45) is 0 Å². The smallest absolute Gasteiger partial charge is 0.336 e. The number of aliphatic carboxylic acids is 1. The highest BCUT2D eigenvalue weighted by Gasteiger charge is 2.15. The Bertz CT molecular complexity index is 1160. The fourth-order valence-corrected chi connectivity index (χ4v) is 3.49. The SMILES string of the molecule is CC/C=C(/C=C(/C(=O)O)c1cc(F)ccc1C)c1ccc(-c2cccc(COC)c2)cn1. The maximum Gasteiger partial charge on any atom is 0.336 e. The van der Waals surface area contributed by atoms with Crippen LogP contribution in [0.5, 0.6) is 0 Å². The molecule has 3 aromatic rings. The van der Waals surface area contributed by atoms with Gasteiger partial charge in [-0.15, -0.1) is 0 Å². The van der Waals surface area contributed by atoms with E-state index in [0.717, 1.165) is 16.7 Å². The number of benzene rings is 2. The van der Waals surface area contributed by atoms with Gasteiger partial charge in [0.1, 0.15) is 5.82 Å². The first kappa shape index (κ1) is 23.1. The summed E-state index contributed by atoms with van der Waals surface area (Å²) in [5.74, 6) is -1.59. The van der Waals surface area contributed by atoms with Crippen LogP contribution in [0.4, 0.5) is 4.39 Å². The molecule has 4 nitrogen and oxygen atoms in total. The predicted octanol–water partition coefficient (Wildman–Crippen LogP) is 6.30. The van der Waals surface area contributed by atoms with Gasteiger partial charge in [-0.1, -0.05) is 43.3 Å². The Morgan fingerprint density at radius 2 is 1.94 bits per heavy atom. The van der Waals surface area contributed by atoms with Crippen molar-refractivity contribution in [1.82, 2.24) is 4.98 Å². The Morgan fingerprint density at radius 3 is 2.59 bits per heavy atom. The van der Waals surface area contributed by atoms with Gasteiger partial charge in [0.2, 0.25) is 0 Å². The van der Waals surface area contributed by atoms with Gasteiger partial charge in [0, 0.05) is 18.9 Å². The molecule has 0 aliphatic carbocycles. The monoisotopic (exact) mass is 431 g/mol. The second kappa shape index (κ2) is 10.6. The van der Waals surface area contributed by atoms with Crippen LogP contribution in [0.25, 0.3) is 22.3 Å². The minimum absolute atomic E-state index is 0.0276. The largest absolute Gasteiger partial charge is 0.478 e. The normalized spacial score (nSPS) is 12.1. The number of aryl methyl sites for hydroxylation is 1. The molecule has 0 unspecified atom stereocenters. The minimum Gasteiger partial charge on any atom is -0.478 e. The fraction of sp³-hybridized carbons (Fsp3) is 0.185. The van der Waals surface area contributed by atoms with Gasteiger partial charge < -0.3 is 9.84 Å². The van der Waals surface area contributed by atoms with Gasteiger partial charge in [0.05, 0.1) is 17.9 Å². The quantitative estimate of drug-likeness (QED) is 0.336. The van der Waals surface area contributed by atoms with Crippen LogP contribution < -0.4 is 0 Å². The molecule has 0 aliphatic rings. The number of halogens is 1. The number of carbonyl (C=O) groups is 1. The van der Waals surface area contributed by atoms with E-state index in [0.29, 0.717) is 35.4 Å². The minimum atomic E-state index is -1.12. The zero-order chi connectivity index (χ0) is 23.1. The molecule has 0 saturated heterocycles. The van der Waals surface area contributed by atoms with E-state index in [1.807, 2.05) is 43.3 Å². The van der Waals surface area contributed by atoms with Crippen LogP contribution in [0.2, 0.25) is 0 Å². The molecule has 0 fully saturated rings. The Kier molecular flexibility index (Phi) is 7.68. The number of carboxylic acids is 1. The molecule has 0 spiro atoms. The highest BCUT2D eigenvalue weighted by molar-refractivity contribution is 6.18. The van der Waals surface area contributed by atoms with Crippen LogP contribution in [-0.2, 0) is 16.1 Å². The second-order valence-corrected chi connectivity index (χ2v) is 7.46. The van der Waals surface area contributed by atoms with Gasteiger partial charge in [0.25, 0.3) is 0 Å².